The van der Waals surface area contributed by atoms with E-state index in [9.17, 15) is 5.11 Å². The maximum absolute atomic E-state index is 11.3. The van der Waals surface area contributed by atoms with E-state index in [-0.39, 0.29) is 6.10 Å². The van der Waals surface area contributed by atoms with Crippen molar-refractivity contribution in [2.75, 3.05) is 18.4 Å². The van der Waals surface area contributed by atoms with E-state index in [2.05, 4.69) is 53.2 Å². The Morgan fingerprint density at radius 3 is 2.44 bits per heavy atom. The molecule has 0 spiro atoms. The van der Waals surface area contributed by atoms with E-state index < -0.39 is 6.35 Å². The van der Waals surface area contributed by atoms with Gasteiger partial charge in [-0.2, -0.15) is 0 Å². The number of nitrogens with zero attached hydrogens (tertiary/aromatic N) is 2. The molecule has 1 saturated heterocycles. The molecule has 2 aromatic rings. The van der Waals surface area contributed by atoms with Gasteiger partial charge in [0, 0.05) is 30.4 Å². The molecular formula is C27H41N3O2. The van der Waals surface area contributed by atoms with Gasteiger partial charge in [0.1, 0.15) is 5.75 Å². The number of benzene rings is 2. The van der Waals surface area contributed by atoms with Crippen LogP contribution in [0.3, 0.4) is 0 Å². The van der Waals surface area contributed by atoms with E-state index in [1.165, 1.54) is 18.4 Å². The van der Waals surface area contributed by atoms with Gasteiger partial charge in [0.25, 0.3) is 0 Å². The number of hydrogen-bond acceptors (Lipinski definition) is 5. The summed E-state index contributed by atoms with van der Waals surface area (Å²) < 4.78 is 5.82. The van der Waals surface area contributed by atoms with Crippen LogP contribution < -0.4 is 10.1 Å². The van der Waals surface area contributed by atoms with Gasteiger partial charge in [-0.3, -0.25) is 4.90 Å². The summed E-state index contributed by atoms with van der Waals surface area (Å²) in [4.78, 5) is 4.82. The first kappa shape index (κ1) is 24.6. The molecule has 2 unspecified atom stereocenters. The van der Waals surface area contributed by atoms with Crippen molar-refractivity contribution in [3.8, 4) is 5.75 Å². The Morgan fingerprint density at radius 1 is 1.06 bits per heavy atom. The molecule has 0 amide bonds. The minimum absolute atomic E-state index is 0.116. The third-order valence-electron chi connectivity index (χ3n) is 6.32. The zero-order valence-electron chi connectivity index (χ0n) is 20.2. The lowest BCUT2D eigenvalue weighted by atomic mass is 10.00. The van der Waals surface area contributed by atoms with Crippen LogP contribution in [0, 0.1) is 0 Å². The summed E-state index contributed by atoms with van der Waals surface area (Å²) in [6.45, 7) is 11.5. The third kappa shape index (κ3) is 7.22. The molecule has 32 heavy (non-hydrogen) atoms. The minimum Gasteiger partial charge on any atom is -0.491 e. The first-order chi connectivity index (χ1) is 15.5. The topological polar surface area (TPSA) is 48.0 Å². The first-order valence-corrected chi connectivity index (χ1v) is 12.2. The van der Waals surface area contributed by atoms with Gasteiger partial charge < -0.3 is 20.1 Å². The van der Waals surface area contributed by atoms with Crippen molar-refractivity contribution >= 4 is 5.69 Å². The van der Waals surface area contributed by atoms with Crippen LogP contribution in [0.2, 0.25) is 0 Å². The summed E-state index contributed by atoms with van der Waals surface area (Å²) in [5, 5.41) is 14.6. The first-order valence-electron chi connectivity index (χ1n) is 12.2. The van der Waals surface area contributed by atoms with Crippen molar-refractivity contribution in [2.24, 2.45) is 0 Å². The molecule has 5 heteroatoms. The fourth-order valence-electron chi connectivity index (χ4n) is 4.63. The summed E-state index contributed by atoms with van der Waals surface area (Å²) in [7, 11) is 0. The molecule has 1 aliphatic rings. The predicted octanol–water partition coefficient (Wildman–Crippen LogP) is 5.32. The van der Waals surface area contributed by atoms with E-state index >= 15 is 0 Å². The van der Waals surface area contributed by atoms with E-state index in [0.29, 0.717) is 18.6 Å². The number of rotatable bonds is 11. The second-order valence-corrected chi connectivity index (χ2v) is 9.28. The highest BCUT2D eigenvalue weighted by Crippen LogP contribution is 2.25. The average molecular weight is 440 g/mol. The summed E-state index contributed by atoms with van der Waals surface area (Å²) in [5.41, 5.74) is 2.08. The van der Waals surface area contributed by atoms with Gasteiger partial charge >= 0.3 is 0 Å². The third-order valence-corrected chi connectivity index (χ3v) is 6.32. The van der Waals surface area contributed by atoms with Crippen molar-refractivity contribution < 1.29 is 9.84 Å². The quantitative estimate of drug-likeness (QED) is 0.464. The van der Waals surface area contributed by atoms with Crippen LogP contribution in [0.1, 0.15) is 58.9 Å². The number of anilines is 1. The van der Waals surface area contributed by atoms with Crippen LogP contribution >= 0.6 is 0 Å². The molecule has 3 rings (SSSR count). The van der Waals surface area contributed by atoms with Gasteiger partial charge in [-0.25, -0.2) is 0 Å². The lowest BCUT2D eigenvalue weighted by Gasteiger charge is -2.42. The molecule has 0 aliphatic carbocycles. The van der Waals surface area contributed by atoms with Crippen LogP contribution in [0.15, 0.2) is 54.6 Å². The molecule has 176 valence electrons. The summed E-state index contributed by atoms with van der Waals surface area (Å²) in [5.74, 6) is 0.810. The summed E-state index contributed by atoms with van der Waals surface area (Å²) >= 11 is 0. The van der Waals surface area contributed by atoms with Gasteiger partial charge in [0.15, 0.2) is 6.35 Å². The zero-order valence-corrected chi connectivity index (χ0v) is 20.2. The number of ether oxygens (including phenoxy) is 1. The van der Waals surface area contributed by atoms with E-state index in [0.717, 1.165) is 37.4 Å². The second kappa shape index (κ2) is 12.2. The number of hydrogen-bond donors (Lipinski definition) is 2. The molecule has 1 heterocycles. The van der Waals surface area contributed by atoms with Gasteiger partial charge in [0.2, 0.25) is 0 Å². The van der Waals surface area contributed by atoms with Crippen LogP contribution in [-0.2, 0) is 6.54 Å². The van der Waals surface area contributed by atoms with Crippen molar-refractivity contribution in [2.45, 2.75) is 84.5 Å². The highest BCUT2D eigenvalue weighted by Gasteiger charge is 2.30. The lowest BCUT2D eigenvalue weighted by molar-refractivity contribution is -0.0332. The lowest BCUT2D eigenvalue weighted by Crippen LogP contribution is -2.52. The number of aliphatic hydroxyl groups is 1. The van der Waals surface area contributed by atoms with Crippen molar-refractivity contribution in [3.05, 3.63) is 60.2 Å². The molecule has 0 saturated carbocycles. The Kier molecular flexibility index (Phi) is 9.39. The fourth-order valence-corrected chi connectivity index (χ4v) is 4.63. The molecule has 2 atom stereocenters. The number of likely N-dealkylation sites (tertiary alicyclic amines) is 1. The zero-order chi connectivity index (χ0) is 22.9. The van der Waals surface area contributed by atoms with Gasteiger partial charge in [-0.05, 0) is 70.8 Å². The molecule has 2 aromatic carbocycles. The molecule has 1 aliphatic heterocycles. The smallest absolute Gasteiger partial charge is 0.184 e. The van der Waals surface area contributed by atoms with Gasteiger partial charge in [0.05, 0.1) is 6.10 Å². The molecule has 2 N–H and O–H groups in total. The Labute approximate surface area is 194 Å². The normalized spacial score (nSPS) is 17.5. The van der Waals surface area contributed by atoms with Gasteiger partial charge in [-0.15, -0.1) is 0 Å². The predicted molar refractivity (Wildman–Crippen MR) is 133 cm³/mol. The van der Waals surface area contributed by atoms with Crippen LogP contribution in [-0.4, -0.2) is 52.5 Å². The highest BCUT2D eigenvalue weighted by molar-refractivity contribution is 5.48. The van der Waals surface area contributed by atoms with E-state index in [1.807, 2.05) is 44.2 Å². The second-order valence-electron chi connectivity index (χ2n) is 9.28. The average Bonchev–Trinajstić information content (AvgIpc) is 2.78. The molecule has 0 bridgehead atoms. The molecule has 0 aromatic heterocycles. The maximum atomic E-state index is 11.3. The van der Waals surface area contributed by atoms with Crippen molar-refractivity contribution in [1.29, 1.82) is 0 Å². The summed E-state index contributed by atoms with van der Waals surface area (Å²) in [6.07, 6.45) is 3.95. The van der Waals surface area contributed by atoms with E-state index in [4.69, 9.17) is 4.74 Å². The standard InChI is InChI=1S/C27H41N3O2/c1-5-10-22(4)29-17-15-25(16-18-29)30(20-23-11-7-6-8-12-23)27(31)28-24-13-9-14-26(19-24)32-21(2)3/h6-9,11-14,19,21-22,25,27-28,31H,5,10,15-18,20H2,1-4H3. The van der Waals surface area contributed by atoms with Crippen molar-refractivity contribution in [3.63, 3.8) is 0 Å². The van der Waals surface area contributed by atoms with E-state index in [1.54, 1.807) is 0 Å². The molecule has 1 fully saturated rings. The maximum Gasteiger partial charge on any atom is 0.184 e. The molecule has 0 radical (unpaired) electrons. The largest absolute Gasteiger partial charge is 0.491 e. The Balaban J connectivity index is 1.70. The molecule has 5 nitrogen and oxygen atoms in total. The molecular weight excluding hydrogens is 398 g/mol. The van der Waals surface area contributed by atoms with Crippen LogP contribution in [0.4, 0.5) is 5.69 Å². The van der Waals surface area contributed by atoms with Crippen LogP contribution in [0.5, 0.6) is 5.75 Å². The number of nitrogens with one attached hydrogen (secondary N) is 1. The fraction of sp³-hybridized carbons (Fsp3) is 0.556. The SMILES string of the molecule is CCCC(C)N1CCC(N(Cc2ccccc2)C(O)Nc2cccc(OC(C)C)c2)CC1. The highest BCUT2D eigenvalue weighted by atomic mass is 16.5. The number of aliphatic hydroxyl groups excluding tert-OH is 1. The monoisotopic (exact) mass is 439 g/mol. The van der Waals surface area contributed by atoms with Crippen molar-refractivity contribution in [1.82, 2.24) is 9.80 Å². The Bertz CT molecular complexity index is 790. The summed E-state index contributed by atoms with van der Waals surface area (Å²) in [6, 6.07) is 19.2. The Morgan fingerprint density at radius 2 is 1.78 bits per heavy atom. The van der Waals surface area contributed by atoms with Crippen LogP contribution in [0.25, 0.3) is 0 Å². The number of piperidine rings is 1. The minimum atomic E-state index is -0.769. The van der Waals surface area contributed by atoms with Gasteiger partial charge in [-0.1, -0.05) is 49.7 Å². The Hall–Kier alpha value is -2.08.